The van der Waals surface area contributed by atoms with Crippen LogP contribution in [0.5, 0.6) is 0 Å². The van der Waals surface area contributed by atoms with Gasteiger partial charge in [-0.05, 0) is 24.0 Å². The van der Waals surface area contributed by atoms with Crippen molar-refractivity contribution in [1.82, 2.24) is 5.32 Å². The van der Waals surface area contributed by atoms with Crippen molar-refractivity contribution in [3.63, 3.8) is 0 Å². The Hall–Kier alpha value is -1.12. The minimum Gasteiger partial charge on any atom is -0.394 e. The van der Waals surface area contributed by atoms with Crippen molar-refractivity contribution in [2.24, 2.45) is 0 Å². The summed E-state index contributed by atoms with van der Waals surface area (Å²) in [6.45, 7) is 9.16. The van der Waals surface area contributed by atoms with E-state index in [2.05, 4.69) is 37.9 Å². The predicted molar refractivity (Wildman–Crippen MR) is 73.9 cm³/mol. The van der Waals surface area contributed by atoms with Gasteiger partial charge >= 0.3 is 0 Å². The van der Waals surface area contributed by atoms with Crippen LogP contribution in [-0.2, 0) is 0 Å². The zero-order chi connectivity index (χ0) is 12.7. The third-order valence-electron chi connectivity index (χ3n) is 3.52. The van der Waals surface area contributed by atoms with Crippen LogP contribution in [0.15, 0.2) is 36.9 Å². The van der Waals surface area contributed by atoms with Crippen LogP contribution < -0.4 is 5.32 Å². The van der Waals surface area contributed by atoms with Gasteiger partial charge in [-0.1, -0.05) is 50.8 Å². The molecule has 94 valence electrons. The third kappa shape index (κ3) is 3.69. The molecule has 0 heterocycles. The number of hydrogen-bond donors (Lipinski definition) is 2. The molecule has 0 fully saturated rings. The van der Waals surface area contributed by atoms with Crippen molar-refractivity contribution in [2.75, 3.05) is 13.2 Å². The number of hydrogen-bond acceptors (Lipinski definition) is 2. The fraction of sp³-hybridized carbons (Fsp3) is 0.467. The van der Waals surface area contributed by atoms with Crippen LogP contribution in [-0.4, -0.2) is 23.8 Å². The molecule has 1 rings (SSSR count). The van der Waals surface area contributed by atoms with Gasteiger partial charge in [-0.2, -0.15) is 0 Å². The molecule has 0 saturated carbocycles. The molecule has 0 unspecified atom stereocenters. The van der Waals surface area contributed by atoms with Gasteiger partial charge < -0.3 is 10.4 Å². The molecule has 0 radical (unpaired) electrons. The molecule has 17 heavy (non-hydrogen) atoms. The first-order chi connectivity index (χ1) is 8.17. The summed E-state index contributed by atoms with van der Waals surface area (Å²) in [7, 11) is 0. The summed E-state index contributed by atoms with van der Waals surface area (Å²) in [6.07, 6.45) is 1.84. The number of aliphatic hydroxyl groups is 1. The van der Waals surface area contributed by atoms with Crippen LogP contribution in [0.2, 0.25) is 0 Å². The standard InChI is InChI=1S/C15H23NO/c1-4-15(5-2,12-17)16-11-13(3)14-9-7-6-8-10-14/h6-10,16-17H,3-5,11-12H2,1-2H3. The summed E-state index contributed by atoms with van der Waals surface area (Å²) >= 11 is 0. The Labute approximate surface area is 104 Å². The lowest BCUT2D eigenvalue weighted by atomic mass is 9.93. The molecule has 0 aliphatic rings. The lowest BCUT2D eigenvalue weighted by molar-refractivity contribution is 0.156. The van der Waals surface area contributed by atoms with E-state index in [-0.39, 0.29) is 12.1 Å². The topological polar surface area (TPSA) is 32.3 Å². The lowest BCUT2D eigenvalue weighted by Crippen LogP contribution is -2.48. The Morgan fingerprint density at radius 2 is 1.82 bits per heavy atom. The average Bonchev–Trinajstić information content (AvgIpc) is 2.41. The molecule has 0 spiro atoms. The molecule has 0 saturated heterocycles. The van der Waals surface area contributed by atoms with Crippen LogP contribution in [0.1, 0.15) is 32.3 Å². The third-order valence-corrected chi connectivity index (χ3v) is 3.52. The molecule has 0 atom stereocenters. The van der Waals surface area contributed by atoms with Gasteiger partial charge in [-0.3, -0.25) is 0 Å². The monoisotopic (exact) mass is 233 g/mol. The molecule has 0 bridgehead atoms. The molecule has 0 aromatic heterocycles. The molecule has 1 aromatic carbocycles. The van der Waals surface area contributed by atoms with Crippen molar-refractivity contribution in [1.29, 1.82) is 0 Å². The Bertz CT molecular complexity index is 333. The predicted octanol–water partition coefficient (Wildman–Crippen LogP) is 2.84. The first-order valence-corrected chi connectivity index (χ1v) is 6.26. The van der Waals surface area contributed by atoms with E-state index in [4.69, 9.17) is 0 Å². The van der Waals surface area contributed by atoms with E-state index in [0.717, 1.165) is 24.0 Å². The van der Waals surface area contributed by atoms with E-state index in [1.807, 2.05) is 18.2 Å². The highest BCUT2D eigenvalue weighted by Crippen LogP contribution is 2.17. The van der Waals surface area contributed by atoms with Crippen LogP contribution in [0, 0.1) is 0 Å². The van der Waals surface area contributed by atoms with Crippen LogP contribution in [0.4, 0.5) is 0 Å². The Morgan fingerprint density at radius 3 is 2.29 bits per heavy atom. The molecule has 2 heteroatoms. The summed E-state index contributed by atoms with van der Waals surface area (Å²) in [6, 6.07) is 10.1. The molecule has 2 nitrogen and oxygen atoms in total. The summed E-state index contributed by atoms with van der Waals surface area (Å²) in [5.74, 6) is 0. The lowest BCUT2D eigenvalue weighted by Gasteiger charge is -2.31. The summed E-state index contributed by atoms with van der Waals surface area (Å²) in [5, 5.41) is 12.9. The van der Waals surface area contributed by atoms with E-state index < -0.39 is 0 Å². The molecule has 1 aromatic rings. The van der Waals surface area contributed by atoms with Crippen molar-refractivity contribution in [3.8, 4) is 0 Å². The average molecular weight is 233 g/mol. The van der Waals surface area contributed by atoms with Gasteiger partial charge in [0.25, 0.3) is 0 Å². The Kier molecular flexibility index (Phi) is 5.39. The maximum Gasteiger partial charge on any atom is 0.0613 e. The van der Waals surface area contributed by atoms with Crippen LogP contribution in [0.25, 0.3) is 5.57 Å². The van der Waals surface area contributed by atoms with Gasteiger partial charge in [0.2, 0.25) is 0 Å². The zero-order valence-corrected chi connectivity index (χ0v) is 10.9. The maximum absolute atomic E-state index is 9.47. The smallest absolute Gasteiger partial charge is 0.0613 e. The van der Waals surface area contributed by atoms with Crippen molar-refractivity contribution in [3.05, 3.63) is 42.5 Å². The number of aliphatic hydroxyl groups excluding tert-OH is 1. The van der Waals surface area contributed by atoms with E-state index in [9.17, 15) is 5.11 Å². The van der Waals surface area contributed by atoms with Gasteiger partial charge in [-0.25, -0.2) is 0 Å². The quantitative estimate of drug-likeness (QED) is 0.759. The SMILES string of the molecule is C=C(CNC(CC)(CC)CO)c1ccccc1. The van der Waals surface area contributed by atoms with Crippen molar-refractivity contribution in [2.45, 2.75) is 32.2 Å². The molecule has 0 aliphatic heterocycles. The van der Waals surface area contributed by atoms with Gasteiger partial charge in [0.15, 0.2) is 0 Å². The fourth-order valence-electron chi connectivity index (χ4n) is 1.85. The number of benzene rings is 1. The summed E-state index contributed by atoms with van der Waals surface area (Å²) in [5.41, 5.74) is 2.04. The highest BCUT2D eigenvalue weighted by Gasteiger charge is 2.24. The van der Waals surface area contributed by atoms with Gasteiger partial charge in [0.05, 0.1) is 6.61 Å². The second-order valence-electron chi connectivity index (χ2n) is 4.47. The molecular weight excluding hydrogens is 210 g/mol. The minimum atomic E-state index is -0.169. The van der Waals surface area contributed by atoms with Crippen LogP contribution >= 0.6 is 0 Å². The fourth-order valence-corrected chi connectivity index (χ4v) is 1.85. The number of nitrogens with one attached hydrogen (secondary N) is 1. The van der Waals surface area contributed by atoms with Gasteiger partial charge in [-0.15, -0.1) is 0 Å². The van der Waals surface area contributed by atoms with Gasteiger partial charge in [0.1, 0.15) is 0 Å². The first kappa shape index (κ1) is 13.9. The van der Waals surface area contributed by atoms with E-state index in [1.165, 1.54) is 0 Å². The molecule has 0 aliphatic carbocycles. The van der Waals surface area contributed by atoms with E-state index >= 15 is 0 Å². The second-order valence-corrected chi connectivity index (χ2v) is 4.47. The molecule has 0 amide bonds. The number of rotatable bonds is 7. The summed E-state index contributed by atoms with van der Waals surface area (Å²) < 4.78 is 0. The minimum absolute atomic E-state index is 0.169. The molecular formula is C15H23NO. The Morgan fingerprint density at radius 1 is 1.24 bits per heavy atom. The van der Waals surface area contributed by atoms with Crippen molar-refractivity contribution < 1.29 is 5.11 Å². The van der Waals surface area contributed by atoms with Gasteiger partial charge in [0, 0.05) is 12.1 Å². The Balaban J connectivity index is 2.59. The maximum atomic E-state index is 9.47. The second kappa shape index (κ2) is 6.58. The largest absolute Gasteiger partial charge is 0.394 e. The van der Waals surface area contributed by atoms with E-state index in [1.54, 1.807) is 0 Å². The normalized spacial score (nSPS) is 11.5. The van der Waals surface area contributed by atoms with E-state index in [0.29, 0.717) is 6.54 Å². The summed E-state index contributed by atoms with van der Waals surface area (Å²) in [4.78, 5) is 0. The van der Waals surface area contributed by atoms with Crippen LogP contribution in [0.3, 0.4) is 0 Å². The first-order valence-electron chi connectivity index (χ1n) is 6.26. The molecule has 2 N–H and O–H groups in total. The van der Waals surface area contributed by atoms with Crippen molar-refractivity contribution >= 4 is 5.57 Å². The highest BCUT2D eigenvalue weighted by atomic mass is 16.3. The zero-order valence-electron chi connectivity index (χ0n) is 10.9. The highest BCUT2D eigenvalue weighted by molar-refractivity contribution is 5.64.